The quantitative estimate of drug-likeness (QED) is 0.360. The molecule has 1 aromatic rings. The Labute approximate surface area is 111 Å². The fourth-order valence-corrected chi connectivity index (χ4v) is 1.57. The van der Waals surface area contributed by atoms with Gasteiger partial charge in [-0.25, -0.2) is 0 Å². The summed E-state index contributed by atoms with van der Waals surface area (Å²) < 4.78 is 10.9. The Bertz CT molecular complexity index is 424. The fourth-order valence-electron chi connectivity index (χ4n) is 1.35. The van der Waals surface area contributed by atoms with E-state index in [9.17, 15) is 0 Å². The molecule has 0 spiro atoms. The first-order valence-electron chi connectivity index (χ1n) is 5.60. The van der Waals surface area contributed by atoms with Crippen molar-refractivity contribution in [1.29, 1.82) is 0 Å². The summed E-state index contributed by atoms with van der Waals surface area (Å²) in [5.41, 5.74) is 6.00. The smallest absolute Gasteiger partial charge is 0.170 e. The highest BCUT2D eigenvalue weighted by molar-refractivity contribution is 6.32. The summed E-state index contributed by atoms with van der Waals surface area (Å²) in [7, 11) is 0. The van der Waals surface area contributed by atoms with Crippen molar-refractivity contribution in [3.05, 3.63) is 28.8 Å². The Morgan fingerprint density at radius 2 is 2.28 bits per heavy atom. The molecule has 100 valence electrons. The van der Waals surface area contributed by atoms with Gasteiger partial charge in [0.1, 0.15) is 11.9 Å². The number of amidine groups is 1. The second kappa shape index (κ2) is 7.08. The molecule has 5 nitrogen and oxygen atoms in total. The molecule has 3 N–H and O–H groups in total. The number of nitrogens with zero attached hydrogens (tertiary/aromatic N) is 1. The summed E-state index contributed by atoms with van der Waals surface area (Å²) >= 11 is 6.05. The second-order valence-electron chi connectivity index (χ2n) is 3.72. The first-order chi connectivity index (χ1) is 8.58. The van der Waals surface area contributed by atoms with Gasteiger partial charge in [0.25, 0.3) is 0 Å². The van der Waals surface area contributed by atoms with Crippen LogP contribution in [0.2, 0.25) is 5.02 Å². The monoisotopic (exact) mass is 272 g/mol. The van der Waals surface area contributed by atoms with Crippen LogP contribution in [0, 0.1) is 0 Å². The van der Waals surface area contributed by atoms with E-state index in [1.54, 1.807) is 18.2 Å². The van der Waals surface area contributed by atoms with Gasteiger partial charge in [-0.1, -0.05) is 16.8 Å². The summed E-state index contributed by atoms with van der Waals surface area (Å²) in [6.45, 7) is 4.95. The predicted octanol–water partition coefficient (Wildman–Crippen LogP) is 2.24. The van der Waals surface area contributed by atoms with Crippen molar-refractivity contribution in [2.45, 2.75) is 20.0 Å². The zero-order chi connectivity index (χ0) is 13.5. The van der Waals surface area contributed by atoms with Crippen LogP contribution in [0.1, 0.15) is 19.4 Å². The first-order valence-corrected chi connectivity index (χ1v) is 5.98. The van der Waals surface area contributed by atoms with Crippen molar-refractivity contribution in [3.63, 3.8) is 0 Å². The Kier molecular flexibility index (Phi) is 5.74. The minimum absolute atomic E-state index is 0.00538. The third-order valence-corrected chi connectivity index (χ3v) is 2.52. The van der Waals surface area contributed by atoms with E-state index in [0.717, 1.165) is 0 Å². The third-order valence-electron chi connectivity index (χ3n) is 2.22. The largest absolute Gasteiger partial charge is 0.487 e. The molecule has 0 saturated heterocycles. The number of rotatable bonds is 6. The van der Waals surface area contributed by atoms with E-state index < -0.39 is 0 Å². The zero-order valence-electron chi connectivity index (χ0n) is 10.4. The van der Waals surface area contributed by atoms with Gasteiger partial charge in [0.15, 0.2) is 5.84 Å². The number of hydrogen-bond acceptors (Lipinski definition) is 4. The number of benzene rings is 1. The van der Waals surface area contributed by atoms with Gasteiger partial charge < -0.3 is 20.4 Å². The van der Waals surface area contributed by atoms with E-state index in [2.05, 4.69) is 5.16 Å². The predicted molar refractivity (Wildman–Crippen MR) is 70.5 cm³/mol. The second-order valence-corrected chi connectivity index (χ2v) is 4.13. The molecule has 0 heterocycles. The molecule has 0 aliphatic rings. The molecular weight excluding hydrogens is 256 g/mol. The maximum atomic E-state index is 8.56. The summed E-state index contributed by atoms with van der Waals surface area (Å²) in [4.78, 5) is 0. The SMILES string of the molecule is CCOCC(C)Oc1ccc(/C(N)=N/O)cc1Cl. The third kappa shape index (κ3) is 4.09. The van der Waals surface area contributed by atoms with Crippen LogP contribution in [0.3, 0.4) is 0 Å². The van der Waals surface area contributed by atoms with Crippen LogP contribution >= 0.6 is 11.6 Å². The molecule has 0 amide bonds. The van der Waals surface area contributed by atoms with Gasteiger partial charge in [0, 0.05) is 12.2 Å². The Morgan fingerprint density at radius 3 is 2.83 bits per heavy atom. The summed E-state index contributed by atoms with van der Waals surface area (Å²) in [5.74, 6) is 0.546. The van der Waals surface area contributed by atoms with Crippen LogP contribution in [0.25, 0.3) is 0 Å². The molecule has 18 heavy (non-hydrogen) atoms. The normalized spacial score (nSPS) is 13.4. The van der Waals surface area contributed by atoms with Crippen LogP contribution in [-0.4, -0.2) is 30.4 Å². The van der Waals surface area contributed by atoms with Gasteiger partial charge in [-0.15, -0.1) is 0 Å². The number of hydrogen-bond donors (Lipinski definition) is 2. The van der Waals surface area contributed by atoms with Crippen LogP contribution in [0.4, 0.5) is 0 Å². The summed E-state index contributed by atoms with van der Waals surface area (Å²) in [6.07, 6.45) is -0.0999. The molecule has 1 rings (SSSR count). The maximum absolute atomic E-state index is 8.56. The number of ether oxygens (including phenoxy) is 2. The molecule has 1 atom stereocenters. The molecule has 0 radical (unpaired) electrons. The molecule has 1 unspecified atom stereocenters. The van der Waals surface area contributed by atoms with Crippen LogP contribution < -0.4 is 10.5 Å². The van der Waals surface area contributed by atoms with Crippen molar-refractivity contribution in [2.24, 2.45) is 10.9 Å². The van der Waals surface area contributed by atoms with Gasteiger partial charge in [-0.2, -0.15) is 0 Å². The highest BCUT2D eigenvalue weighted by Gasteiger charge is 2.09. The van der Waals surface area contributed by atoms with Crippen LogP contribution in [0.15, 0.2) is 23.4 Å². The molecule has 0 aromatic heterocycles. The number of nitrogens with two attached hydrogens (primary N) is 1. The molecule has 1 aromatic carbocycles. The van der Waals surface area contributed by atoms with Gasteiger partial charge in [-0.3, -0.25) is 0 Å². The molecule has 0 saturated carbocycles. The lowest BCUT2D eigenvalue weighted by Gasteiger charge is -2.15. The molecule has 0 aliphatic carbocycles. The molecule has 6 heteroatoms. The average Bonchev–Trinajstić information content (AvgIpc) is 2.37. The molecule has 0 bridgehead atoms. The standard InChI is InChI=1S/C12H17ClN2O3/c1-3-17-7-8(2)18-11-5-4-9(6-10(11)13)12(14)15-16/h4-6,8,16H,3,7H2,1-2H3,(H2,14,15). The van der Waals surface area contributed by atoms with Gasteiger partial charge in [0.2, 0.25) is 0 Å². The van der Waals surface area contributed by atoms with E-state index in [-0.39, 0.29) is 11.9 Å². The van der Waals surface area contributed by atoms with Crippen molar-refractivity contribution in [3.8, 4) is 5.75 Å². The maximum Gasteiger partial charge on any atom is 0.170 e. The Balaban J connectivity index is 2.74. The average molecular weight is 273 g/mol. The molecule has 0 aliphatic heterocycles. The Morgan fingerprint density at radius 1 is 1.56 bits per heavy atom. The van der Waals surface area contributed by atoms with E-state index >= 15 is 0 Å². The van der Waals surface area contributed by atoms with Crippen molar-refractivity contribution >= 4 is 17.4 Å². The van der Waals surface area contributed by atoms with Crippen molar-refractivity contribution < 1.29 is 14.7 Å². The molecule has 0 fully saturated rings. The van der Waals surface area contributed by atoms with E-state index in [0.29, 0.717) is 29.5 Å². The highest BCUT2D eigenvalue weighted by atomic mass is 35.5. The van der Waals surface area contributed by atoms with E-state index in [4.69, 9.17) is 32.0 Å². The van der Waals surface area contributed by atoms with Crippen molar-refractivity contribution in [1.82, 2.24) is 0 Å². The molecular formula is C12H17ClN2O3. The zero-order valence-corrected chi connectivity index (χ0v) is 11.1. The van der Waals surface area contributed by atoms with Crippen LogP contribution in [-0.2, 0) is 4.74 Å². The number of oxime groups is 1. The van der Waals surface area contributed by atoms with E-state index in [1.807, 2.05) is 13.8 Å². The topological polar surface area (TPSA) is 77.1 Å². The van der Waals surface area contributed by atoms with Gasteiger partial charge >= 0.3 is 0 Å². The fraction of sp³-hybridized carbons (Fsp3) is 0.417. The lowest BCUT2D eigenvalue weighted by molar-refractivity contribution is 0.0658. The highest BCUT2D eigenvalue weighted by Crippen LogP contribution is 2.26. The summed E-state index contributed by atoms with van der Waals surface area (Å²) in [6, 6.07) is 4.93. The number of halogens is 1. The van der Waals surface area contributed by atoms with Gasteiger partial charge in [0.05, 0.1) is 11.6 Å². The van der Waals surface area contributed by atoms with Gasteiger partial charge in [-0.05, 0) is 32.0 Å². The van der Waals surface area contributed by atoms with Crippen molar-refractivity contribution in [2.75, 3.05) is 13.2 Å². The lowest BCUT2D eigenvalue weighted by Crippen LogP contribution is -2.19. The first kappa shape index (κ1) is 14.6. The Hall–Kier alpha value is -1.46. The van der Waals surface area contributed by atoms with Crippen LogP contribution in [0.5, 0.6) is 5.75 Å². The minimum atomic E-state index is -0.0999. The van der Waals surface area contributed by atoms with E-state index in [1.165, 1.54) is 0 Å². The summed E-state index contributed by atoms with van der Waals surface area (Å²) in [5, 5.41) is 11.9. The minimum Gasteiger partial charge on any atom is -0.487 e. The lowest BCUT2D eigenvalue weighted by atomic mass is 10.2.